The van der Waals surface area contributed by atoms with Crippen LogP contribution in [0.25, 0.3) is 33.5 Å². The van der Waals surface area contributed by atoms with E-state index in [2.05, 4.69) is 99.3 Å². The first-order valence-electron chi connectivity index (χ1n) is 8.04. The number of hydrogen-bond donors (Lipinski definition) is 0. The van der Waals surface area contributed by atoms with E-state index in [1.807, 2.05) is 24.4 Å². The van der Waals surface area contributed by atoms with Gasteiger partial charge in [0.2, 0.25) is 0 Å². The summed E-state index contributed by atoms with van der Waals surface area (Å²) in [7, 11) is 0. The lowest BCUT2D eigenvalue weighted by atomic mass is 9.95. The summed E-state index contributed by atoms with van der Waals surface area (Å²) in [4.78, 5) is 8.79. The van der Waals surface area contributed by atoms with Crippen molar-refractivity contribution in [2.24, 2.45) is 0 Å². The lowest BCUT2D eigenvalue weighted by molar-refractivity contribution is 1.11. The molecule has 0 spiro atoms. The van der Waals surface area contributed by atoms with Crippen molar-refractivity contribution < 1.29 is 0 Å². The van der Waals surface area contributed by atoms with Crippen LogP contribution in [0.2, 0.25) is 0 Å². The molecule has 120 valence electrons. The molecule has 2 nitrogen and oxygen atoms in total. The highest BCUT2D eigenvalue weighted by Gasteiger charge is 2.08. The van der Waals surface area contributed by atoms with Crippen LogP contribution in [0.1, 0.15) is 0 Å². The molecule has 3 heteroatoms. The van der Waals surface area contributed by atoms with Gasteiger partial charge in [-0.05, 0) is 46.5 Å². The molecule has 0 amide bonds. The van der Waals surface area contributed by atoms with Crippen LogP contribution in [0.4, 0.5) is 0 Å². The number of hydrogen-bond acceptors (Lipinski definition) is 2. The Kier molecular flexibility index (Phi) is 4.57. The summed E-state index contributed by atoms with van der Waals surface area (Å²) in [5.41, 5.74) is 6.81. The summed E-state index contributed by atoms with van der Waals surface area (Å²) in [6.45, 7) is 0. The second kappa shape index (κ2) is 7.15. The molecule has 25 heavy (non-hydrogen) atoms. The van der Waals surface area contributed by atoms with Gasteiger partial charge in [-0.15, -0.1) is 0 Å². The van der Waals surface area contributed by atoms with Crippen LogP contribution in [0.3, 0.4) is 0 Å². The van der Waals surface area contributed by atoms with Crippen LogP contribution in [-0.4, -0.2) is 9.97 Å². The molecule has 0 saturated carbocycles. The monoisotopic (exact) mass is 434 g/mol. The Morgan fingerprint density at radius 1 is 0.560 bits per heavy atom. The predicted molar refractivity (Wildman–Crippen MR) is 111 cm³/mol. The SMILES string of the molecule is Ic1nccc(-c2cc(-c3ccccc3)cc(-c3ccccc3)c2)n1. The molecule has 4 aromatic rings. The molecule has 0 N–H and O–H groups in total. The standard InChI is InChI=1S/C22H15IN2/c23-22-24-12-11-21(25-22)20-14-18(16-7-3-1-4-8-16)13-19(15-20)17-9-5-2-6-10-17/h1-15H. The van der Waals surface area contributed by atoms with Gasteiger partial charge in [-0.3, -0.25) is 0 Å². The number of benzene rings is 3. The number of nitrogens with zero attached hydrogens (tertiary/aromatic N) is 2. The Hall–Kier alpha value is -2.53. The highest BCUT2D eigenvalue weighted by atomic mass is 127. The van der Waals surface area contributed by atoms with Crippen molar-refractivity contribution in [3.05, 3.63) is 95.0 Å². The first-order valence-corrected chi connectivity index (χ1v) is 9.12. The van der Waals surface area contributed by atoms with Crippen molar-refractivity contribution >= 4 is 22.6 Å². The van der Waals surface area contributed by atoms with Crippen LogP contribution in [0.5, 0.6) is 0 Å². The maximum Gasteiger partial charge on any atom is 0.191 e. The third-order valence-corrected chi connectivity index (χ3v) is 4.59. The lowest BCUT2D eigenvalue weighted by Gasteiger charge is -2.11. The number of rotatable bonds is 3. The average Bonchev–Trinajstić information content (AvgIpc) is 2.69. The van der Waals surface area contributed by atoms with Crippen LogP contribution in [-0.2, 0) is 0 Å². The number of halogens is 1. The highest BCUT2D eigenvalue weighted by Crippen LogP contribution is 2.32. The van der Waals surface area contributed by atoms with Crippen LogP contribution in [0, 0.1) is 3.83 Å². The Morgan fingerprint density at radius 3 is 1.60 bits per heavy atom. The maximum atomic E-state index is 4.59. The average molecular weight is 434 g/mol. The van der Waals surface area contributed by atoms with Gasteiger partial charge in [0.15, 0.2) is 3.83 Å². The topological polar surface area (TPSA) is 25.8 Å². The molecule has 0 atom stereocenters. The van der Waals surface area contributed by atoms with Gasteiger partial charge in [0.1, 0.15) is 0 Å². The molecular formula is C22H15IN2. The van der Waals surface area contributed by atoms with Crippen LogP contribution < -0.4 is 0 Å². The fourth-order valence-corrected chi connectivity index (χ4v) is 3.29. The summed E-state index contributed by atoms with van der Waals surface area (Å²) < 4.78 is 0.751. The Morgan fingerprint density at radius 2 is 1.08 bits per heavy atom. The summed E-state index contributed by atoms with van der Waals surface area (Å²) in [6, 6.07) is 29.5. The molecule has 0 bridgehead atoms. The third-order valence-electron chi connectivity index (χ3n) is 4.07. The van der Waals surface area contributed by atoms with E-state index < -0.39 is 0 Å². The summed E-state index contributed by atoms with van der Waals surface area (Å²) in [6.07, 6.45) is 1.81. The molecule has 0 fully saturated rings. The molecule has 0 saturated heterocycles. The van der Waals surface area contributed by atoms with Gasteiger partial charge in [0.25, 0.3) is 0 Å². The zero-order valence-electron chi connectivity index (χ0n) is 13.4. The van der Waals surface area contributed by atoms with Gasteiger partial charge in [0, 0.05) is 34.4 Å². The van der Waals surface area contributed by atoms with Crippen LogP contribution >= 0.6 is 22.6 Å². The molecule has 1 aromatic heterocycles. The molecule has 3 aromatic carbocycles. The van der Waals surface area contributed by atoms with Gasteiger partial charge >= 0.3 is 0 Å². The van der Waals surface area contributed by atoms with Crippen molar-refractivity contribution in [3.8, 4) is 33.5 Å². The molecule has 4 rings (SSSR count). The first-order chi connectivity index (χ1) is 12.3. The fourth-order valence-electron chi connectivity index (χ4n) is 2.87. The van der Waals surface area contributed by atoms with Crippen molar-refractivity contribution in [2.45, 2.75) is 0 Å². The van der Waals surface area contributed by atoms with Crippen LogP contribution in [0.15, 0.2) is 91.1 Å². The van der Waals surface area contributed by atoms with E-state index in [9.17, 15) is 0 Å². The van der Waals surface area contributed by atoms with E-state index in [-0.39, 0.29) is 0 Å². The van der Waals surface area contributed by atoms with Crippen molar-refractivity contribution in [2.75, 3.05) is 0 Å². The van der Waals surface area contributed by atoms with E-state index in [1.54, 1.807) is 0 Å². The first kappa shape index (κ1) is 16.0. The minimum Gasteiger partial charge on any atom is -0.232 e. The highest BCUT2D eigenvalue weighted by molar-refractivity contribution is 14.1. The molecular weight excluding hydrogens is 419 g/mol. The minimum atomic E-state index is 0.751. The Balaban J connectivity index is 1.92. The quantitative estimate of drug-likeness (QED) is 0.289. The third kappa shape index (κ3) is 3.61. The van der Waals surface area contributed by atoms with E-state index >= 15 is 0 Å². The van der Waals surface area contributed by atoms with Gasteiger partial charge in [-0.2, -0.15) is 0 Å². The second-order valence-electron chi connectivity index (χ2n) is 5.74. The van der Waals surface area contributed by atoms with E-state index in [0.29, 0.717) is 0 Å². The molecule has 0 aliphatic heterocycles. The Labute approximate surface area is 160 Å². The second-order valence-corrected chi connectivity index (χ2v) is 6.71. The molecule has 0 aliphatic rings. The predicted octanol–water partition coefficient (Wildman–Crippen LogP) is 6.08. The molecule has 0 aliphatic carbocycles. The summed E-state index contributed by atoms with van der Waals surface area (Å²) >= 11 is 2.15. The molecule has 0 unspecified atom stereocenters. The number of aromatic nitrogens is 2. The zero-order valence-corrected chi connectivity index (χ0v) is 15.6. The fraction of sp³-hybridized carbons (Fsp3) is 0. The lowest BCUT2D eigenvalue weighted by Crippen LogP contribution is -1.91. The van der Waals surface area contributed by atoms with Crippen molar-refractivity contribution in [1.82, 2.24) is 9.97 Å². The minimum absolute atomic E-state index is 0.751. The summed E-state index contributed by atoms with van der Waals surface area (Å²) in [5.74, 6) is 0. The van der Waals surface area contributed by atoms with E-state index in [4.69, 9.17) is 0 Å². The van der Waals surface area contributed by atoms with Crippen molar-refractivity contribution in [1.29, 1.82) is 0 Å². The Bertz CT molecular complexity index is 941. The maximum absolute atomic E-state index is 4.59. The summed E-state index contributed by atoms with van der Waals surface area (Å²) in [5, 5.41) is 0. The van der Waals surface area contributed by atoms with Gasteiger partial charge in [-0.25, -0.2) is 9.97 Å². The largest absolute Gasteiger partial charge is 0.232 e. The molecule has 1 heterocycles. The van der Waals surface area contributed by atoms with Crippen molar-refractivity contribution in [3.63, 3.8) is 0 Å². The van der Waals surface area contributed by atoms with E-state index in [0.717, 1.165) is 15.1 Å². The molecule has 0 radical (unpaired) electrons. The van der Waals surface area contributed by atoms with E-state index in [1.165, 1.54) is 22.3 Å². The zero-order chi connectivity index (χ0) is 17.1. The van der Waals surface area contributed by atoms with Gasteiger partial charge in [0.05, 0.1) is 5.69 Å². The van der Waals surface area contributed by atoms with Gasteiger partial charge in [-0.1, -0.05) is 60.7 Å². The normalized spacial score (nSPS) is 10.6. The van der Waals surface area contributed by atoms with Gasteiger partial charge < -0.3 is 0 Å². The smallest absolute Gasteiger partial charge is 0.191 e.